The van der Waals surface area contributed by atoms with Crippen LogP contribution < -0.4 is 15.8 Å². The molecular weight excluding hydrogens is 512 g/mol. The predicted molar refractivity (Wildman–Crippen MR) is 140 cm³/mol. The molecule has 3 N–H and O–H groups in total. The van der Waals surface area contributed by atoms with Crippen LogP contribution in [0.1, 0.15) is 18.4 Å². The quantitative estimate of drug-likeness (QED) is 0.257. The molecule has 0 bridgehead atoms. The fourth-order valence-corrected chi connectivity index (χ4v) is 4.93. The van der Waals surface area contributed by atoms with Gasteiger partial charge < -0.3 is 20.4 Å². The topological polar surface area (TPSA) is 112 Å². The fourth-order valence-electron chi connectivity index (χ4n) is 3.91. The summed E-state index contributed by atoms with van der Waals surface area (Å²) in [4.78, 5) is 34.5. The molecule has 0 aliphatic carbocycles. The molecule has 0 aliphatic heterocycles. The summed E-state index contributed by atoms with van der Waals surface area (Å²) < 4.78 is 37.1. The number of aromatic nitrogens is 3. The summed E-state index contributed by atoms with van der Waals surface area (Å²) in [6.07, 6.45) is 5.24. The van der Waals surface area contributed by atoms with Gasteiger partial charge in [-0.05, 0) is 48.9 Å². The SMILES string of the molecule is CCn1cnc(-c2cc3nccc(Oc4ccc(C(C(N)=O)C(=O)Nc5cccc(F)c5)cc4F)c3s2)c1. The number of rotatable bonds is 8. The normalized spacial score (nSPS) is 11.9. The monoisotopic (exact) mass is 533 g/mol. The molecule has 1 atom stereocenters. The van der Waals surface area contributed by atoms with Crippen LogP contribution in [0.2, 0.25) is 0 Å². The first-order chi connectivity index (χ1) is 18.3. The lowest BCUT2D eigenvalue weighted by Crippen LogP contribution is -2.32. The van der Waals surface area contributed by atoms with E-state index in [1.54, 1.807) is 18.6 Å². The lowest BCUT2D eigenvalue weighted by Gasteiger charge is -2.15. The van der Waals surface area contributed by atoms with Gasteiger partial charge in [-0.2, -0.15) is 0 Å². The molecule has 5 rings (SSSR count). The molecule has 0 spiro atoms. The Morgan fingerprint density at radius 1 is 1.11 bits per heavy atom. The molecule has 0 saturated heterocycles. The van der Waals surface area contributed by atoms with Crippen molar-refractivity contribution in [3.63, 3.8) is 0 Å². The summed E-state index contributed by atoms with van der Waals surface area (Å²) in [6.45, 7) is 2.81. The van der Waals surface area contributed by atoms with E-state index >= 15 is 4.39 Å². The van der Waals surface area contributed by atoms with Gasteiger partial charge in [0.2, 0.25) is 11.8 Å². The molecule has 3 aromatic heterocycles. The van der Waals surface area contributed by atoms with E-state index in [-0.39, 0.29) is 17.0 Å². The van der Waals surface area contributed by atoms with Crippen molar-refractivity contribution in [3.05, 3.63) is 90.5 Å². The molecule has 11 heteroatoms. The molecule has 1 unspecified atom stereocenters. The van der Waals surface area contributed by atoms with E-state index < -0.39 is 29.4 Å². The lowest BCUT2D eigenvalue weighted by molar-refractivity contribution is -0.127. The minimum Gasteiger partial charge on any atom is -0.453 e. The number of thiophene rings is 1. The van der Waals surface area contributed by atoms with E-state index in [1.165, 1.54) is 41.7 Å². The second kappa shape index (κ2) is 10.4. The maximum Gasteiger partial charge on any atom is 0.241 e. The maximum atomic E-state index is 15.1. The van der Waals surface area contributed by atoms with Gasteiger partial charge in [-0.25, -0.2) is 13.8 Å². The number of fused-ring (bicyclic) bond motifs is 1. The highest BCUT2D eigenvalue weighted by Gasteiger charge is 2.28. The number of pyridine rings is 1. The summed E-state index contributed by atoms with van der Waals surface area (Å²) in [5.74, 6) is -4.39. The fraction of sp³-hybridized carbons (Fsp3) is 0.111. The Kier molecular flexibility index (Phi) is 6.84. The molecule has 5 aromatic rings. The van der Waals surface area contributed by atoms with Gasteiger partial charge in [-0.15, -0.1) is 11.3 Å². The van der Waals surface area contributed by atoms with Crippen LogP contribution in [0, 0.1) is 11.6 Å². The zero-order valence-electron chi connectivity index (χ0n) is 20.0. The number of carbonyl (C=O) groups is 2. The molecule has 0 radical (unpaired) electrons. The number of carbonyl (C=O) groups excluding carboxylic acids is 2. The van der Waals surface area contributed by atoms with E-state index in [9.17, 15) is 14.0 Å². The number of aryl methyl sites for hydroxylation is 1. The van der Waals surface area contributed by atoms with Gasteiger partial charge in [-0.1, -0.05) is 12.1 Å². The van der Waals surface area contributed by atoms with Crippen LogP contribution in [0.4, 0.5) is 14.5 Å². The van der Waals surface area contributed by atoms with Crippen LogP contribution >= 0.6 is 11.3 Å². The number of nitrogens with one attached hydrogen (secondary N) is 1. The molecule has 2 aromatic carbocycles. The van der Waals surface area contributed by atoms with Gasteiger partial charge in [-0.3, -0.25) is 14.6 Å². The zero-order chi connectivity index (χ0) is 26.8. The Bertz CT molecular complexity index is 1670. The van der Waals surface area contributed by atoms with Crippen LogP contribution in [0.3, 0.4) is 0 Å². The molecular formula is C27H21F2N5O3S. The molecule has 3 heterocycles. The number of hydrogen-bond acceptors (Lipinski definition) is 6. The van der Waals surface area contributed by atoms with E-state index in [4.69, 9.17) is 10.5 Å². The summed E-state index contributed by atoms with van der Waals surface area (Å²) in [7, 11) is 0. The Hall–Kier alpha value is -4.64. The Morgan fingerprint density at radius 3 is 2.66 bits per heavy atom. The Balaban J connectivity index is 1.40. The molecule has 8 nitrogen and oxygen atoms in total. The third kappa shape index (κ3) is 5.09. The van der Waals surface area contributed by atoms with E-state index in [1.807, 2.05) is 23.8 Å². The van der Waals surface area contributed by atoms with Crippen molar-refractivity contribution in [1.29, 1.82) is 0 Å². The van der Waals surface area contributed by atoms with Crippen molar-refractivity contribution < 1.29 is 23.1 Å². The average Bonchev–Trinajstić information content (AvgIpc) is 3.53. The second-order valence-electron chi connectivity index (χ2n) is 8.35. The van der Waals surface area contributed by atoms with Crippen LogP contribution in [0.15, 0.2) is 73.3 Å². The average molecular weight is 534 g/mol. The first kappa shape index (κ1) is 25.0. The van der Waals surface area contributed by atoms with Crippen LogP contribution in [-0.2, 0) is 16.1 Å². The van der Waals surface area contributed by atoms with Gasteiger partial charge in [0.05, 0.1) is 27.1 Å². The van der Waals surface area contributed by atoms with E-state index in [0.29, 0.717) is 16.0 Å². The predicted octanol–water partition coefficient (Wildman–Crippen LogP) is 5.46. The number of primary amides is 1. The minimum atomic E-state index is -1.50. The highest BCUT2D eigenvalue weighted by Crippen LogP contribution is 2.39. The molecule has 0 saturated carbocycles. The number of nitrogens with two attached hydrogens (primary N) is 1. The summed E-state index contributed by atoms with van der Waals surface area (Å²) in [5.41, 5.74) is 7.09. The smallest absolute Gasteiger partial charge is 0.241 e. The number of halogens is 2. The first-order valence-corrected chi connectivity index (χ1v) is 12.4. The number of amides is 2. The molecule has 0 aliphatic rings. The van der Waals surface area contributed by atoms with Gasteiger partial charge in [0.25, 0.3) is 0 Å². The van der Waals surface area contributed by atoms with Crippen LogP contribution in [0.25, 0.3) is 20.8 Å². The number of hydrogen-bond donors (Lipinski definition) is 2. The zero-order valence-corrected chi connectivity index (χ0v) is 20.8. The molecule has 192 valence electrons. The Morgan fingerprint density at radius 2 is 1.95 bits per heavy atom. The highest BCUT2D eigenvalue weighted by atomic mass is 32.1. The van der Waals surface area contributed by atoms with E-state index in [2.05, 4.69) is 15.3 Å². The van der Waals surface area contributed by atoms with Crippen molar-refractivity contribution in [1.82, 2.24) is 14.5 Å². The molecule has 2 amide bonds. The third-order valence-corrected chi connectivity index (χ3v) is 6.94. The van der Waals surface area contributed by atoms with Crippen molar-refractivity contribution in [2.45, 2.75) is 19.4 Å². The lowest BCUT2D eigenvalue weighted by atomic mass is 9.97. The minimum absolute atomic E-state index is 0.0287. The Labute approximate surface area is 219 Å². The van der Waals surface area contributed by atoms with Gasteiger partial charge in [0, 0.05) is 30.7 Å². The van der Waals surface area contributed by atoms with Crippen molar-refractivity contribution in [2.75, 3.05) is 5.32 Å². The highest BCUT2D eigenvalue weighted by molar-refractivity contribution is 7.22. The summed E-state index contributed by atoms with van der Waals surface area (Å²) in [6, 6.07) is 12.4. The van der Waals surface area contributed by atoms with Crippen LogP contribution in [0.5, 0.6) is 11.5 Å². The van der Waals surface area contributed by atoms with Gasteiger partial charge in [0.15, 0.2) is 11.6 Å². The van der Waals surface area contributed by atoms with E-state index in [0.717, 1.165) is 29.2 Å². The largest absolute Gasteiger partial charge is 0.453 e. The van der Waals surface area contributed by atoms with Gasteiger partial charge >= 0.3 is 0 Å². The summed E-state index contributed by atoms with van der Waals surface area (Å²) >= 11 is 1.42. The standard InChI is InChI=1S/C27H21F2N5O3S/c1-2-34-13-20(32-14-34)23-12-19-25(38-23)22(8-9-31-19)37-21-7-6-15(10-18(21)29)24(26(30)35)27(36)33-17-5-3-4-16(28)11-17/h3-14,24H,2H2,1H3,(H2,30,35)(H,33,36). The first-order valence-electron chi connectivity index (χ1n) is 11.6. The van der Waals surface area contributed by atoms with Gasteiger partial charge in [0.1, 0.15) is 17.5 Å². The number of anilines is 1. The van der Waals surface area contributed by atoms with Crippen LogP contribution in [-0.4, -0.2) is 26.3 Å². The molecule has 0 fully saturated rings. The van der Waals surface area contributed by atoms with Crippen molar-refractivity contribution in [2.24, 2.45) is 5.73 Å². The molecule has 38 heavy (non-hydrogen) atoms. The number of imidazole rings is 1. The maximum absolute atomic E-state index is 15.1. The van der Waals surface area contributed by atoms with Crippen molar-refractivity contribution in [3.8, 4) is 22.1 Å². The second-order valence-corrected chi connectivity index (χ2v) is 9.40. The number of ether oxygens (including phenoxy) is 1. The number of benzene rings is 2. The number of nitrogens with zero attached hydrogens (tertiary/aromatic N) is 3. The third-order valence-electron chi connectivity index (χ3n) is 5.77. The van der Waals surface area contributed by atoms with Crippen molar-refractivity contribution >= 4 is 39.1 Å². The summed E-state index contributed by atoms with van der Waals surface area (Å²) in [5, 5.41) is 2.43.